The lowest BCUT2D eigenvalue weighted by molar-refractivity contribution is -0.119. The Bertz CT molecular complexity index is 692. The maximum atomic E-state index is 12.1. The molecular weight excluding hydrogens is 302 g/mol. The van der Waals surface area contributed by atoms with Crippen molar-refractivity contribution in [1.82, 2.24) is 10.3 Å². The number of nitrogens with one attached hydrogen (secondary N) is 2. The molecule has 2 aromatic rings. The van der Waals surface area contributed by atoms with Gasteiger partial charge in [-0.3, -0.25) is 14.6 Å². The summed E-state index contributed by atoms with van der Waals surface area (Å²) in [6.07, 6.45) is 7.45. The summed E-state index contributed by atoms with van der Waals surface area (Å²) in [6.45, 7) is 0.435. The van der Waals surface area contributed by atoms with Gasteiger partial charge < -0.3 is 10.6 Å². The first-order chi connectivity index (χ1) is 11.7. The molecule has 1 aromatic heterocycles. The van der Waals surface area contributed by atoms with Crippen LogP contribution in [0.1, 0.15) is 41.6 Å². The number of carbonyl (C=O) groups is 2. The summed E-state index contributed by atoms with van der Waals surface area (Å²) in [5, 5.41) is 5.82. The number of nitrogens with zero attached hydrogens (tertiary/aromatic N) is 1. The van der Waals surface area contributed by atoms with Crippen LogP contribution in [0.4, 0.5) is 5.69 Å². The highest BCUT2D eigenvalue weighted by atomic mass is 16.2. The summed E-state index contributed by atoms with van der Waals surface area (Å²) in [4.78, 5) is 28.0. The van der Waals surface area contributed by atoms with E-state index in [0.717, 1.165) is 36.9 Å². The Morgan fingerprint density at radius 1 is 1.08 bits per heavy atom. The van der Waals surface area contributed by atoms with Gasteiger partial charge in [0, 0.05) is 30.5 Å². The van der Waals surface area contributed by atoms with E-state index in [0.29, 0.717) is 12.1 Å². The number of hydrogen-bond acceptors (Lipinski definition) is 3. The molecule has 1 aliphatic carbocycles. The molecule has 0 bridgehead atoms. The predicted molar refractivity (Wildman–Crippen MR) is 92.4 cm³/mol. The van der Waals surface area contributed by atoms with E-state index in [1.807, 2.05) is 24.3 Å². The highest BCUT2D eigenvalue weighted by Gasteiger charge is 2.22. The smallest absolute Gasteiger partial charge is 0.253 e. The summed E-state index contributed by atoms with van der Waals surface area (Å²) in [6, 6.07) is 11.0. The minimum atomic E-state index is -0.151. The Labute approximate surface area is 141 Å². The molecule has 2 N–H and O–H groups in total. The molecule has 1 saturated carbocycles. The van der Waals surface area contributed by atoms with Crippen LogP contribution in [-0.2, 0) is 11.3 Å². The van der Waals surface area contributed by atoms with E-state index >= 15 is 0 Å². The van der Waals surface area contributed by atoms with E-state index in [2.05, 4.69) is 15.6 Å². The van der Waals surface area contributed by atoms with Crippen molar-refractivity contribution in [1.29, 1.82) is 0 Å². The summed E-state index contributed by atoms with van der Waals surface area (Å²) < 4.78 is 0. The molecule has 5 heteroatoms. The topological polar surface area (TPSA) is 71.1 Å². The molecule has 1 heterocycles. The predicted octanol–water partition coefficient (Wildman–Crippen LogP) is 3.14. The Morgan fingerprint density at radius 2 is 1.83 bits per heavy atom. The molecule has 0 radical (unpaired) electrons. The van der Waals surface area contributed by atoms with E-state index in [4.69, 9.17) is 0 Å². The molecule has 0 saturated heterocycles. The lowest BCUT2D eigenvalue weighted by Gasteiger charge is -2.11. The molecule has 1 aromatic carbocycles. The third kappa shape index (κ3) is 4.19. The minimum absolute atomic E-state index is 0.116. The van der Waals surface area contributed by atoms with Crippen LogP contribution in [0, 0.1) is 5.92 Å². The fourth-order valence-corrected chi connectivity index (χ4v) is 2.92. The summed E-state index contributed by atoms with van der Waals surface area (Å²) in [5.74, 6) is 0.121. The zero-order valence-corrected chi connectivity index (χ0v) is 13.5. The van der Waals surface area contributed by atoms with Crippen LogP contribution in [0.15, 0.2) is 48.8 Å². The quantitative estimate of drug-likeness (QED) is 0.888. The molecule has 5 nitrogen and oxygen atoms in total. The highest BCUT2D eigenvalue weighted by molar-refractivity contribution is 5.94. The van der Waals surface area contributed by atoms with Gasteiger partial charge in [0.05, 0.1) is 5.56 Å². The third-order valence-electron chi connectivity index (χ3n) is 4.32. The first-order valence-electron chi connectivity index (χ1n) is 8.30. The lowest BCUT2D eigenvalue weighted by Crippen LogP contribution is -2.23. The monoisotopic (exact) mass is 323 g/mol. The largest absolute Gasteiger partial charge is 0.348 e. The molecule has 0 atom stereocenters. The molecule has 0 unspecified atom stereocenters. The molecule has 124 valence electrons. The van der Waals surface area contributed by atoms with E-state index in [1.165, 1.54) is 6.20 Å². The van der Waals surface area contributed by atoms with E-state index in [-0.39, 0.29) is 17.7 Å². The number of benzene rings is 1. The molecule has 0 aliphatic heterocycles. The molecular formula is C19H21N3O2. The molecule has 0 spiro atoms. The van der Waals surface area contributed by atoms with Crippen LogP contribution in [0.2, 0.25) is 0 Å². The van der Waals surface area contributed by atoms with Crippen LogP contribution >= 0.6 is 0 Å². The zero-order valence-electron chi connectivity index (χ0n) is 13.5. The Kier molecular flexibility index (Phi) is 5.21. The standard InChI is InChI=1S/C19H21N3O2/c23-18(16-6-3-11-20-13-16)21-12-14-7-9-17(10-8-14)22-19(24)15-4-1-2-5-15/h3,6-11,13,15H,1-2,4-5,12H2,(H,21,23)(H,22,24). The minimum Gasteiger partial charge on any atom is -0.348 e. The molecule has 2 amide bonds. The number of aromatic nitrogens is 1. The van der Waals surface area contributed by atoms with E-state index < -0.39 is 0 Å². The van der Waals surface area contributed by atoms with E-state index in [9.17, 15) is 9.59 Å². The van der Waals surface area contributed by atoms with Crippen molar-refractivity contribution in [3.05, 3.63) is 59.9 Å². The van der Waals surface area contributed by atoms with Gasteiger partial charge in [0.2, 0.25) is 5.91 Å². The summed E-state index contributed by atoms with van der Waals surface area (Å²) in [7, 11) is 0. The van der Waals surface area contributed by atoms with Gasteiger partial charge in [-0.05, 0) is 42.7 Å². The van der Waals surface area contributed by atoms with Gasteiger partial charge in [0.15, 0.2) is 0 Å². The molecule has 3 rings (SSSR count). The number of anilines is 1. The summed E-state index contributed by atoms with van der Waals surface area (Å²) >= 11 is 0. The second kappa shape index (κ2) is 7.73. The van der Waals surface area contributed by atoms with Gasteiger partial charge in [0.25, 0.3) is 5.91 Å². The molecule has 1 aliphatic rings. The van der Waals surface area contributed by atoms with Crippen LogP contribution in [0.25, 0.3) is 0 Å². The van der Waals surface area contributed by atoms with Crippen LogP contribution < -0.4 is 10.6 Å². The maximum Gasteiger partial charge on any atom is 0.253 e. The van der Waals surface area contributed by atoms with Crippen LogP contribution in [0.5, 0.6) is 0 Å². The van der Waals surface area contributed by atoms with Gasteiger partial charge in [-0.25, -0.2) is 0 Å². The SMILES string of the molecule is O=C(NCc1ccc(NC(=O)C2CCCC2)cc1)c1cccnc1. The van der Waals surface area contributed by atoms with Gasteiger partial charge in [-0.1, -0.05) is 25.0 Å². The maximum absolute atomic E-state index is 12.1. The molecule has 24 heavy (non-hydrogen) atoms. The number of amides is 2. The highest BCUT2D eigenvalue weighted by Crippen LogP contribution is 2.26. The van der Waals surface area contributed by atoms with Crippen LogP contribution in [0.3, 0.4) is 0 Å². The first-order valence-corrected chi connectivity index (χ1v) is 8.30. The van der Waals surface area contributed by atoms with E-state index in [1.54, 1.807) is 18.3 Å². The Balaban J connectivity index is 1.51. The number of hydrogen-bond donors (Lipinski definition) is 2. The van der Waals surface area contributed by atoms with Crippen molar-refractivity contribution in [2.75, 3.05) is 5.32 Å². The number of carbonyl (C=O) groups excluding carboxylic acids is 2. The fourth-order valence-electron chi connectivity index (χ4n) is 2.92. The van der Waals surface area contributed by atoms with Crippen molar-refractivity contribution < 1.29 is 9.59 Å². The fraction of sp³-hybridized carbons (Fsp3) is 0.316. The van der Waals surface area contributed by atoms with Crippen molar-refractivity contribution >= 4 is 17.5 Å². The second-order valence-corrected chi connectivity index (χ2v) is 6.09. The Hall–Kier alpha value is -2.69. The number of rotatable bonds is 5. The number of pyridine rings is 1. The van der Waals surface area contributed by atoms with Gasteiger partial charge in [0.1, 0.15) is 0 Å². The normalized spacial score (nSPS) is 14.3. The third-order valence-corrected chi connectivity index (χ3v) is 4.32. The first kappa shape index (κ1) is 16.2. The Morgan fingerprint density at radius 3 is 2.50 bits per heavy atom. The lowest BCUT2D eigenvalue weighted by atomic mass is 10.1. The summed E-state index contributed by atoms with van der Waals surface area (Å²) in [5.41, 5.74) is 2.32. The molecule has 1 fully saturated rings. The van der Waals surface area contributed by atoms with Crippen molar-refractivity contribution in [2.24, 2.45) is 5.92 Å². The van der Waals surface area contributed by atoms with Gasteiger partial charge >= 0.3 is 0 Å². The second-order valence-electron chi connectivity index (χ2n) is 6.09. The van der Waals surface area contributed by atoms with Crippen molar-refractivity contribution in [3.63, 3.8) is 0 Å². The zero-order chi connectivity index (χ0) is 16.8. The average molecular weight is 323 g/mol. The van der Waals surface area contributed by atoms with Crippen molar-refractivity contribution in [3.8, 4) is 0 Å². The average Bonchev–Trinajstić information content (AvgIpc) is 3.16. The van der Waals surface area contributed by atoms with Gasteiger partial charge in [-0.15, -0.1) is 0 Å². The van der Waals surface area contributed by atoms with Gasteiger partial charge in [-0.2, -0.15) is 0 Å². The van der Waals surface area contributed by atoms with Crippen LogP contribution in [-0.4, -0.2) is 16.8 Å². The van der Waals surface area contributed by atoms with Crippen molar-refractivity contribution in [2.45, 2.75) is 32.2 Å².